The number of hydrogen-bond acceptors (Lipinski definition) is 4. The molecular formula is C28H39FN4O4S. The summed E-state index contributed by atoms with van der Waals surface area (Å²) in [5, 5.41) is 3.11. The van der Waals surface area contributed by atoms with Gasteiger partial charge in [0, 0.05) is 26.7 Å². The van der Waals surface area contributed by atoms with Crippen molar-refractivity contribution >= 4 is 27.7 Å². The maximum absolute atomic E-state index is 14.8. The first kappa shape index (κ1) is 29.6. The zero-order valence-corrected chi connectivity index (χ0v) is 23.5. The number of nitrogens with zero attached hydrogens (tertiary/aromatic N) is 3. The van der Waals surface area contributed by atoms with Crippen LogP contribution >= 0.6 is 0 Å². The minimum atomic E-state index is -4.22. The van der Waals surface area contributed by atoms with Gasteiger partial charge >= 0.3 is 10.2 Å². The lowest BCUT2D eigenvalue weighted by Crippen LogP contribution is -2.54. The van der Waals surface area contributed by atoms with Gasteiger partial charge in [-0.05, 0) is 43.9 Å². The van der Waals surface area contributed by atoms with Gasteiger partial charge in [-0.15, -0.1) is 0 Å². The molecule has 2 aromatic carbocycles. The van der Waals surface area contributed by atoms with E-state index in [2.05, 4.69) is 5.32 Å². The smallest absolute Gasteiger partial charge is 0.304 e. The normalized spacial score (nSPS) is 15.2. The molecule has 0 unspecified atom stereocenters. The van der Waals surface area contributed by atoms with Crippen molar-refractivity contribution in [2.75, 3.05) is 24.9 Å². The highest BCUT2D eigenvalue weighted by Crippen LogP contribution is 2.24. The maximum Gasteiger partial charge on any atom is 0.304 e. The average molecular weight is 547 g/mol. The third-order valence-electron chi connectivity index (χ3n) is 6.91. The molecule has 8 nitrogen and oxygen atoms in total. The fourth-order valence-corrected chi connectivity index (χ4v) is 5.89. The maximum atomic E-state index is 14.8. The minimum Gasteiger partial charge on any atom is -0.352 e. The second-order valence-corrected chi connectivity index (χ2v) is 12.1. The van der Waals surface area contributed by atoms with Crippen LogP contribution in [0.25, 0.3) is 0 Å². The molecule has 0 spiro atoms. The number of halogens is 1. The molecule has 208 valence electrons. The summed E-state index contributed by atoms with van der Waals surface area (Å²) < 4.78 is 42.9. The SMILES string of the molecule is CC[C@H](C(=O)NC1CCCCC1)N(Cc1cccc(C)c1)C(=O)CN(c1ccccc1F)S(=O)(=O)N(C)C. The van der Waals surface area contributed by atoms with Crippen LogP contribution in [0.2, 0.25) is 0 Å². The van der Waals surface area contributed by atoms with Gasteiger partial charge in [0.25, 0.3) is 0 Å². The molecule has 0 aromatic heterocycles. The number of anilines is 1. The third kappa shape index (κ3) is 7.32. The Morgan fingerprint density at radius 2 is 1.74 bits per heavy atom. The quantitative estimate of drug-likeness (QED) is 0.461. The highest BCUT2D eigenvalue weighted by Gasteiger charge is 2.35. The Morgan fingerprint density at radius 3 is 2.34 bits per heavy atom. The molecule has 1 aliphatic carbocycles. The highest BCUT2D eigenvalue weighted by molar-refractivity contribution is 7.90. The number of hydrogen-bond donors (Lipinski definition) is 1. The zero-order valence-electron chi connectivity index (χ0n) is 22.7. The van der Waals surface area contributed by atoms with Crippen molar-refractivity contribution in [3.05, 3.63) is 65.5 Å². The van der Waals surface area contributed by atoms with Crippen molar-refractivity contribution in [1.29, 1.82) is 0 Å². The second-order valence-electron chi connectivity index (χ2n) is 10.0. The zero-order chi connectivity index (χ0) is 27.9. The van der Waals surface area contributed by atoms with E-state index < -0.39 is 34.5 Å². The van der Waals surface area contributed by atoms with E-state index in [1.54, 1.807) is 0 Å². The number of nitrogens with one attached hydrogen (secondary N) is 1. The van der Waals surface area contributed by atoms with Gasteiger partial charge in [-0.3, -0.25) is 9.59 Å². The van der Waals surface area contributed by atoms with E-state index >= 15 is 0 Å². The Bertz CT molecular complexity index is 1210. The van der Waals surface area contributed by atoms with Gasteiger partial charge < -0.3 is 10.2 Å². The van der Waals surface area contributed by atoms with Crippen molar-refractivity contribution in [2.45, 2.75) is 71.0 Å². The van der Waals surface area contributed by atoms with Crippen LogP contribution in [0.3, 0.4) is 0 Å². The van der Waals surface area contributed by atoms with Crippen LogP contribution in [0.5, 0.6) is 0 Å². The number of para-hydroxylation sites is 1. The van der Waals surface area contributed by atoms with Gasteiger partial charge in [-0.2, -0.15) is 12.7 Å². The molecule has 3 rings (SSSR count). The number of benzene rings is 2. The predicted octanol–water partition coefficient (Wildman–Crippen LogP) is 4.00. The minimum absolute atomic E-state index is 0.0604. The number of carbonyl (C=O) groups is 2. The third-order valence-corrected chi connectivity index (χ3v) is 8.72. The van der Waals surface area contributed by atoms with Gasteiger partial charge in [-0.1, -0.05) is 68.1 Å². The van der Waals surface area contributed by atoms with Gasteiger partial charge in [0.2, 0.25) is 11.8 Å². The fraction of sp³-hybridized carbons (Fsp3) is 0.500. The molecule has 0 saturated heterocycles. The van der Waals surface area contributed by atoms with E-state index in [-0.39, 0.29) is 24.2 Å². The summed E-state index contributed by atoms with van der Waals surface area (Å²) in [6.45, 7) is 3.23. The molecular weight excluding hydrogens is 507 g/mol. The standard InChI is InChI=1S/C28H39FN4O4S/c1-5-25(28(35)30-23-14-7-6-8-15-23)32(19-22-13-11-12-21(2)18-22)27(34)20-33(38(36,37)31(3)4)26-17-10-9-16-24(26)29/h9-13,16-18,23,25H,5-8,14-15,19-20H2,1-4H3,(H,30,35)/t25-/m1/s1. The molecule has 1 aliphatic rings. The van der Waals surface area contributed by atoms with Crippen LogP contribution in [-0.4, -0.2) is 62.2 Å². The first-order valence-corrected chi connectivity index (χ1v) is 14.5. The average Bonchev–Trinajstić information content (AvgIpc) is 2.88. The lowest BCUT2D eigenvalue weighted by molar-refractivity contribution is -0.140. The molecule has 2 aromatic rings. The van der Waals surface area contributed by atoms with Crippen LogP contribution < -0.4 is 9.62 Å². The van der Waals surface area contributed by atoms with Crippen molar-refractivity contribution in [3.63, 3.8) is 0 Å². The summed E-state index contributed by atoms with van der Waals surface area (Å²) in [7, 11) is -1.57. The first-order valence-electron chi connectivity index (χ1n) is 13.1. The van der Waals surface area contributed by atoms with E-state index in [0.717, 1.165) is 57.9 Å². The molecule has 0 bridgehead atoms. The van der Waals surface area contributed by atoms with Crippen LogP contribution in [0.1, 0.15) is 56.6 Å². The van der Waals surface area contributed by atoms with Crippen molar-refractivity contribution in [2.24, 2.45) is 0 Å². The molecule has 0 heterocycles. The van der Waals surface area contributed by atoms with Gasteiger partial charge in [0.1, 0.15) is 18.4 Å². The Morgan fingerprint density at radius 1 is 1.05 bits per heavy atom. The Kier molecular flexibility index (Phi) is 10.3. The second kappa shape index (κ2) is 13.2. The topological polar surface area (TPSA) is 90.0 Å². The molecule has 1 fully saturated rings. The molecule has 38 heavy (non-hydrogen) atoms. The number of aryl methyl sites for hydroxylation is 1. The van der Waals surface area contributed by atoms with Gasteiger partial charge in [0.15, 0.2) is 0 Å². The van der Waals surface area contributed by atoms with Gasteiger partial charge in [-0.25, -0.2) is 8.70 Å². The lowest BCUT2D eigenvalue weighted by atomic mass is 9.95. The number of carbonyl (C=O) groups excluding carboxylic acids is 2. The lowest BCUT2D eigenvalue weighted by Gasteiger charge is -2.35. The molecule has 0 radical (unpaired) electrons. The molecule has 1 N–H and O–H groups in total. The van der Waals surface area contributed by atoms with Crippen LogP contribution in [-0.2, 0) is 26.3 Å². The largest absolute Gasteiger partial charge is 0.352 e. The van der Waals surface area contributed by atoms with Crippen molar-refractivity contribution < 1.29 is 22.4 Å². The summed E-state index contributed by atoms with van der Waals surface area (Å²) in [6.07, 6.45) is 5.39. The monoisotopic (exact) mass is 546 g/mol. The van der Waals surface area contributed by atoms with Crippen LogP contribution in [0.4, 0.5) is 10.1 Å². The van der Waals surface area contributed by atoms with E-state index in [0.29, 0.717) is 6.42 Å². The summed E-state index contributed by atoms with van der Waals surface area (Å²) in [4.78, 5) is 28.8. The van der Waals surface area contributed by atoms with E-state index in [1.807, 2.05) is 38.1 Å². The Balaban J connectivity index is 1.97. The fourth-order valence-electron chi connectivity index (χ4n) is 4.83. The molecule has 0 aliphatic heterocycles. The molecule has 1 saturated carbocycles. The van der Waals surface area contributed by atoms with E-state index in [1.165, 1.54) is 37.2 Å². The van der Waals surface area contributed by atoms with Crippen LogP contribution in [0, 0.1) is 12.7 Å². The van der Waals surface area contributed by atoms with E-state index in [4.69, 9.17) is 0 Å². The summed E-state index contributed by atoms with van der Waals surface area (Å²) in [5.41, 5.74) is 1.58. The molecule has 1 atom stereocenters. The molecule has 10 heteroatoms. The summed E-state index contributed by atoms with van der Waals surface area (Å²) in [6, 6.07) is 12.3. The molecule has 2 amide bonds. The van der Waals surface area contributed by atoms with E-state index in [9.17, 15) is 22.4 Å². The van der Waals surface area contributed by atoms with Crippen molar-refractivity contribution in [3.8, 4) is 0 Å². The van der Waals surface area contributed by atoms with Crippen molar-refractivity contribution in [1.82, 2.24) is 14.5 Å². The number of amides is 2. The highest BCUT2D eigenvalue weighted by atomic mass is 32.2. The predicted molar refractivity (Wildman–Crippen MR) is 147 cm³/mol. The summed E-state index contributed by atoms with van der Waals surface area (Å²) in [5.74, 6) is -1.61. The Labute approximate surface area is 226 Å². The van der Waals surface area contributed by atoms with Crippen LogP contribution in [0.15, 0.2) is 48.5 Å². The number of rotatable bonds is 11. The first-order chi connectivity index (χ1) is 18.0. The summed E-state index contributed by atoms with van der Waals surface area (Å²) >= 11 is 0. The Hall–Kier alpha value is -2.98. The van der Waals surface area contributed by atoms with Gasteiger partial charge in [0.05, 0.1) is 5.69 Å².